The molecule has 0 aliphatic carbocycles. The first-order chi connectivity index (χ1) is 33.2. The maximum absolute atomic E-state index is 14.4. The van der Waals surface area contributed by atoms with Crippen LogP contribution in [-0.4, -0.2) is 117 Å². The van der Waals surface area contributed by atoms with Gasteiger partial charge in [-0.25, -0.2) is 19.2 Å². The highest BCUT2D eigenvalue weighted by Gasteiger charge is 2.60. The summed E-state index contributed by atoms with van der Waals surface area (Å²) in [5.74, 6) is -2.57. The lowest BCUT2D eigenvalue weighted by Crippen LogP contribution is -2.70. The molecule has 1 amide bonds. The molecule has 3 aliphatic heterocycles. The number of carbonyl (C=O) groups is 4. The van der Waals surface area contributed by atoms with E-state index in [9.17, 15) is 19.2 Å². The van der Waals surface area contributed by atoms with Crippen LogP contribution in [-0.2, 0) is 51.9 Å². The van der Waals surface area contributed by atoms with Crippen molar-refractivity contribution in [3.05, 3.63) is 138 Å². The molecule has 70 heavy (non-hydrogen) atoms. The number of rotatable bonds is 14. The van der Waals surface area contributed by atoms with Gasteiger partial charge in [0, 0.05) is 10.5 Å². The Morgan fingerprint density at radius 3 is 1.87 bits per heavy atom. The van der Waals surface area contributed by atoms with Gasteiger partial charge in [0.05, 0.1) is 30.9 Å². The van der Waals surface area contributed by atoms with Crippen LogP contribution in [0, 0.1) is 6.92 Å². The van der Waals surface area contributed by atoms with Gasteiger partial charge in [-0.3, -0.25) is 0 Å². The van der Waals surface area contributed by atoms with Crippen LogP contribution < -0.4 is 5.32 Å². The average molecular weight is 1060 g/mol. The van der Waals surface area contributed by atoms with Crippen molar-refractivity contribution in [2.24, 2.45) is 0 Å². The van der Waals surface area contributed by atoms with E-state index in [2.05, 4.69) is 5.32 Å². The number of aryl methyl sites for hydroxylation is 1. The summed E-state index contributed by atoms with van der Waals surface area (Å²) < 4.78 is 62.0. The Balaban J connectivity index is 1.39. The highest BCUT2D eigenvalue weighted by Crippen LogP contribution is 2.44. The van der Waals surface area contributed by atoms with Crippen LogP contribution in [0.15, 0.2) is 120 Å². The van der Waals surface area contributed by atoms with Crippen molar-refractivity contribution in [2.45, 2.75) is 121 Å². The number of alkyl carbamates (subject to hydrolysis) is 1. The minimum atomic E-state index is -2.93. The van der Waals surface area contributed by atoms with Crippen molar-refractivity contribution in [2.75, 3.05) is 20.3 Å². The normalized spacial score (nSPS) is 27.0. The van der Waals surface area contributed by atoms with Crippen LogP contribution in [0.4, 0.5) is 4.79 Å². The summed E-state index contributed by atoms with van der Waals surface area (Å²) in [7, 11) is -1.75. The molecular formula is C50H56Cl3NO14SSi. The molecule has 1 N–H and O–H groups in total. The van der Waals surface area contributed by atoms with E-state index in [-0.39, 0.29) is 17.7 Å². The van der Waals surface area contributed by atoms with Crippen LogP contribution in [0.1, 0.15) is 58.9 Å². The largest absolute Gasteiger partial charge is 0.467 e. The first-order valence-electron chi connectivity index (χ1n) is 22.5. The molecule has 11 atom stereocenters. The summed E-state index contributed by atoms with van der Waals surface area (Å²) in [6, 6.07) is 31.9. The summed E-state index contributed by atoms with van der Waals surface area (Å²) in [6.45, 7) is 11.2. The van der Waals surface area contributed by atoms with Gasteiger partial charge < -0.3 is 52.4 Å². The van der Waals surface area contributed by atoms with Crippen molar-refractivity contribution >= 4 is 78.9 Å². The van der Waals surface area contributed by atoms with Gasteiger partial charge in [-0.15, -0.1) is 0 Å². The number of nitrogens with one attached hydrogen (secondary N) is 1. The molecular weight excluding hydrogens is 1010 g/mol. The Kier molecular flexibility index (Phi) is 17.7. The van der Waals surface area contributed by atoms with E-state index >= 15 is 0 Å². The molecule has 20 heteroatoms. The molecule has 4 aromatic carbocycles. The van der Waals surface area contributed by atoms with Gasteiger partial charge in [0.25, 0.3) is 0 Å². The highest BCUT2D eigenvalue weighted by atomic mass is 35.6. The minimum Gasteiger partial charge on any atom is -0.467 e. The average Bonchev–Trinajstić information content (AvgIpc) is 3.33. The molecule has 0 saturated carbocycles. The predicted octanol–water partition coefficient (Wildman–Crippen LogP) is 9.52. The Morgan fingerprint density at radius 1 is 0.743 bits per heavy atom. The molecule has 0 bridgehead atoms. The van der Waals surface area contributed by atoms with E-state index in [1.165, 1.54) is 18.9 Å². The number of carbonyl (C=O) groups excluding carboxylic acids is 4. The third-order valence-corrected chi connectivity index (χ3v) is 18.3. The second-order valence-electron chi connectivity index (χ2n) is 18.4. The lowest BCUT2D eigenvalue weighted by Gasteiger charge is -2.52. The van der Waals surface area contributed by atoms with Crippen LogP contribution in [0.2, 0.25) is 18.1 Å². The SMILES string of the molecule is COC(=O)[C@H]1O[C@@H](O[C@@H]2[C@@H](NC(=O)OCC(Cl)(Cl)Cl)[C@H](Sc3ccc(C)cc3)O[C@@H]3COC(c4ccccc4)O[C@@H]23)[C@H](OC(=O)c2ccccc2)[C@@H](OC(=O)c2ccccc2)[C@@H]1O[Si](C)(C)C(C)(C)C. The van der Waals surface area contributed by atoms with Crippen LogP contribution >= 0.6 is 46.6 Å². The summed E-state index contributed by atoms with van der Waals surface area (Å²) in [5, 5.41) is 2.41. The number of ether oxygens (including phenoxy) is 9. The molecule has 3 aliphatic rings. The minimum absolute atomic E-state index is 0.0120. The molecule has 3 saturated heterocycles. The van der Waals surface area contributed by atoms with Gasteiger partial charge in [-0.05, 0) is 61.5 Å². The van der Waals surface area contributed by atoms with Crippen molar-refractivity contribution in [1.29, 1.82) is 0 Å². The number of benzene rings is 4. The molecule has 3 fully saturated rings. The fourth-order valence-corrected chi connectivity index (χ4v) is 10.2. The van der Waals surface area contributed by atoms with Gasteiger partial charge in [-0.1, -0.05) is 152 Å². The number of methoxy groups -OCH3 is 1. The van der Waals surface area contributed by atoms with E-state index < -0.39 is 115 Å². The Hall–Kier alpha value is -4.24. The maximum Gasteiger partial charge on any atom is 0.407 e. The summed E-state index contributed by atoms with van der Waals surface area (Å²) in [5.41, 5.74) is 0.979. The van der Waals surface area contributed by atoms with Crippen molar-refractivity contribution in [1.82, 2.24) is 5.32 Å². The number of hydrogen-bond donors (Lipinski definition) is 1. The van der Waals surface area contributed by atoms with E-state index in [4.69, 9.17) is 81.9 Å². The van der Waals surface area contributed by atoms with E-state index in [1.807, 2.05) is 95.4 Å². The van der Waals surface area contributed by atoms with Gasteiger partial charge in [0.2, 0.25) is 3.79 Å². The fraction of sp³-hybridized carbons (Fsp3) is 0.440. The molecule has 0 radical (unpaired) electrons. The second kappa shape index (κ2) is 23.1. The van der Waals surface area contributed by atoms with Crippen LogP contribution in [0.25, 0.3) is 0 Å². The first kappa shape index (κ1) is 53.6. The monoisotopic (exact) mass is 1060 g/mol. The maximum atomic E-state index is 14.4. The Labute approximate surface area is 427 Å². The van der Waals surface area contributed by atoms with Crippen LogP contribution in [0.5, 0.6) is 0 Å². The number of hydrogen-bond acceptors (Lipinski definition) is 15. The smallest absolute Gasteiger partial charge is 0.407 e. The summed E-state index contributed by atoms with van der Waals surface area (Å²) in [4.78, 5) is 57.5. The number of halogens is 3. The first-order valence-corrected chi connectivity index (χ1v) is 27.4. The Morgan fingerprint density at radius 2 is 1.31 bits per heavy atom. The predicted molar refractivity (Wildman–Crippen MR) is 263 cm³/mol. The number of amides is 1. The zero-order chi connectivity index (χ0) is 50.4. The zero-order valence-electron chi connectivity index (χ0n) is 39.5. The Bertz CT molecular complexity index is 2400. The third kappa shape index (κ3) is 13.4. The summed E-state index contributed by atoms with van der Waals surface area (Å²) in [6.07, 6.45) is -13.4. The van der Waals surface area contributed by atoms with Crippen molar-refractivity contribution in [3.8, 4) is 0 Å². The molecule has 376 valence electrons. The lowest BCUT2D eigenvalue weighted by atomic mass is 9.95. The molecule has 0 spiro atoms. The van der Waals surface area contributed by atoms with Gasteiger partial charge in [0.15, 0.2) is 39.2 Å². The van der Waals surface area contributed by atoms with Crippen molar-refractivity contribution < 1.29 is 66.2 Å². The van der Waals surface area contributed by atoms with Crippen molar-refractivity contribution in [3.63, 3.8) is 0 Å². The number of thioether (sulfide) groups is 1. The quantitative estimate of drug-likeness (QED) is 0.0547. The molecule has 4 aromatic rings. The molecule has 15 nitrogen and oxygen atoms in total. The standard InChI is InChI=1S/C50H56Cl3NO14SSi/c1-29-23-25-33(26-24-29)69-47-35(54-48(58)61-28-50(51,52)53)37(36-34(62-47)27-60-45(65-36)32-21-15-10-16-22-32)66-46-41(64-43(56)31-19-13-9-14-20-31)38(63-42(55)30-17-11-8-12-18-30)39(40(67-46)44(57)59-5)68-70(6,7)49(2,3)4/h8-26,34-41,45-47H,27-28H2,1-7H3,(H,54,58)/t34-,35-,36-,37-,38+,39+,40+,41-,45?,46-,47+/m1/s1. The zero-order valence-corrected chi connectivity index (χ0v) is 43.6. The summed E-state index contributed by atoms with van der Waals surface area (Å²) >= 11 is 19.3. The van der Waals surface area contributed by atoms with Gasteiger partial charge >= 0.3 is 24.0 Å². The topological polar surface area (TPSA) is 173 Å². The fourth-order valence-electron chi connectivity index (χ4n) is 7.66. The second-order valence-corrected chi connectivity index (χ2v) is 26.8. The highest BCUT2D eigenvalue weighted by molar-refractivity contribution is 7.99. The molecule has 7 rings (SSSR count). The molecule has 1 unspecified atom stereocenters. The number of alkyl halides is 3. The van der Waals surface area contributed by atoms with E-state index in [0.29, 0.717) is 5.56 Å². The molecule has 0 aromatic heterocycles. The molecule has 3 heterocycles. The van der Waals surface area contributed by atoms with E-state index in [1.54, 1.807) is 60.7 Å². The number of esters is 3. The number of fused-ring (bicyclic) bond motifs is 1. The van der Waals surface area contributed by atoms with E-state index in [0.717, 1.165) is 10.5 Å². The van der Waals surface area contributed by atoms with Crippen LogP contribution in [0.3, 0.4) is 0 Å². The van der Waals surface area contributed by atoms with Gasteiger partial charge in [-0.2, -0.15) is 0 Å². The van der Waals surface area contributed by atoms with Gasteiger partial charge in [0.1, 0.15) is 36.5 Å². The lowest BCUT2D eigenvalue weighted by molar-refractivity contribution is -0.351. The third-order valence-electron chi connectivity index (χ3n) is 12.3.